The number of anilines is 2. The Balaban J connectivity index is 1.43. The van der Waals surface area contributed by atoms with Crippen molar-refractivity contribution in [2.24, 2.45) is 0 Å². The zero-order valence-electron chi connectivity index (χ0n) is 19.2. The Hall–Kier alpha value is -5.01. The van der Waals surface area contributed by atoms with Crippen LogP contribution in [0.3, 0.4) is 0 Å². The summed E-state index contributed by atoms with van der Waals surface area (Å²) < 4.78 is 13.5. The molecular formula is C25H16N6O5S2. The normalized spacial score (nSPS) is 11.2. The van der Waals surface area contributed by atoms with E-state index in [1.807, 2.05) is 0 Å². The number of nitrogens with zero attached hydrogens (tertiary/aromatic N) is 4. The molecule has 6 aromatic rings. The maximum atomic E-state index is 13.5. The van der Waals surface area contributed by atoms with Crippen molar-refractivity contribution in [1.82, 2.24) is 19.1 Å². The molecule has 4 N–H and O–H groups in total. The lowest BCUT2D eigenvalue weighted by Gasteiger charge is -2.09. The van der Waals surface area contributed by atoms with Gasteiger partial charge in [-0.3, -0.25) is 23.5 Å². The van der Waals surface area contributed by atoms with Crippen LogP contribution in [0.2, 0.25) is 0 Å². The van der Waals surface area contributed by atoms with E-state index in [2.05, 4.69) is 9.97 Å². The molecule has 0 atom stereocenters. The average molecular weight is 545 g/mol. The van der Waals surface area contributed by atoms with Crippen molar-refractivity contribution in [1.29, 1.82) is 0 Å². The second kappa shape index (κ2) is 9.14. The van der Waals surface area contributed by atoms with Gasteiger partial charge in [-0.2, -0.15) is 0 Å². The third kappa shape index (κ3) is 4.05. The first kappa shape index (κ1) is 23.4. The van der Waals surface area contributed by atoms with Crippen LogP contribution in [0.5, 0.6) is 0 Å². The van der Waals surface area contributed by atoms with E-state index in [1.54, 1.807) is 24.3 Å². The summed E-state index contributed by atoms with van der Waals surface area (Å²) in [4.78, 5) is 47.7. The molecule has 0 aromatic carbocycles. The van der Waals surface area contributed by atoms with Crippen LogP contribution in [0, 0.1) is 0 Å². The molecule has 0 radical (unpaired) electrons. The number of aromatic nitrogens is 4. The molecule has 0 spiro atoms. The van der Waals surface area contributed by atoms with E-state index in [4.69, 9.17) is 20.3 Å². The van der Waals surface area contributed by atoms with Gasteiger partial charge < -0.3 is 20.3 Å². The van der Waals surface area contributed by atoms with Gasteiger partial charge in [0.05, 0.1) is 12.5 Å². The van der Waals surface area contributed by atoms with Crippen LogP contribution in [0.1, 0.15) is 15.9 Å². The molecule has 6 rings (SSSR count). The highest BCUT2D eigenvalue weighted by atomic mass is 32.1. The molecule has 0 unspecified atom stereocenters. The van der Waals surface area contributed by atoms with E-state index in [0.717, 1.165) is 22.7 Å². The van der Waals surface area contributed by atoms with Crippen LogP contribution < -0.4 is 22.6 Å². The lowest BCUT2D eigenvalue weighted by molar-refractivity contribution is 0.103. The molecule has 11 nitrogen and oxygen atoms in total. The van der Waals surface area contributed by atoms with E-state index >= 15 is 0 Å². The van der Waals surface area contributed by atoms with E-state index in [0.29, 0.717) is 32.9 Å². The molecule has 13 heteroatoms. The van der Waals surface area contributed by atoms with Crippen LogP contribution in [-0.4, -0.2) is 24.9 Å². The molecule has 188 valence electrons. The standard InChI is InChI=1S/C25H16N6O5S2/c26-24-28-19(15-3-1-9-35-15)22(37-24)30-11-13(5-7-17(30)32)21(34)14-6-8-18(33)31(12-14)23-20(29-25(27)38-23)16-4-2-10-36-16/h1-12H,(H2,26,28)(H2,27,29). The number of pyridine rings is 2. The fourth-order valence-electron chi connectivity index (χ4n) is 3.86. The number of hydrogen-bond acceptors (Lipinski definition) is 11. The van der Waals surface area contributed by atoms with Crippen LogP contribution >= 0.6 is 22.7 Å². The summed E-state index contributed by atoms with van der Waals surface area (Å²) in [6.45, 7) is 0. The predicted molar refractivity (Wildman–Crippen MR) is 143 cm³/mol. The fourth-order valence-corrected chi connectivity index (χ4v) is 5.50. The lowest BCUT2D eigenvalue weighted by atomic mass is 10.1. The first-order chi connectivity index (χ1) is 18.4. The Labute approximate surface area is 220 Å². The van der Waals surface area contributed by atoms with Gasteiger partial charge in [0.1, 0.15) is 21.4 Å². The number of carbonyl (C=O) groups is 1. The van der Waals surface area contributed by atoms with E-state index in [1.165, 1.54) is 58.3 Å². The Morgan fingerprint density at radius 1 is 0.711 bits per heavy atom. The number of nitrogen functional groups attached to an aromatic ring is 2. The van der Waals surface area contributed by atoms with E-state index in [-0.39, 0.29) is 32.5 Å². The maximum absolute atomic E-state index is 13.5. The second-order valence-electron chi connectivity index (χ2n) is 7.95. The van der Waals surface area contributed by atoms with Crippen LogP contribution in [0.25, 0.3) is 32.9 Å². The quantitative estimate of drug-likeness (QED) is 0.296. The number of furan rings is 2. The topological polar surface area (TPSA) is 165 Å². The zero-order valence-corrected chi connectivity index (χ0v) is 20.9. The van der Waals surface area contributed by atoms with Gasteiger partial charge in [0.2, 0.25) is 0 Å². The third-order valence-electron chi connectivity index (χ3n) is 5.54. The van der Waals surface area contributed by atoms with Gasteiger partial charge in [-0.25, -0.2) is 9.97 Å². The number of thiazole rings is 2. The minimum absolute atomic E-state index is 0.210. The van der Waals surface area contributed by atoms with Crippen molar-refractivity contribution >= 4 is 38.7 Å². The van der Waals surface area contributed by atoms with Crippen molar-refractivity contribution in [3.63, 3.8) is 0 Å². The molecule has 0 saturated carbocycles. The van der Waals surface area contributed by atoms with Crippen LogP contribution in [0.4, 0.5) is 10.3 Å². The number of carbonyl (C=O) groups excluding carboxylic acids is 1. The fraction of sp³-hybridized carbons (Fsp3) is 0. The van der Waals surface area contributed by atoms with Crippen LogP contribution in [-0.2, 0) is 0 Å². The lowest BCUT2D eigenvalue weighted by Crippen LogP contribution is -2.20. The largest absolute Gasteiger partial charge is 0.463 e. The summed E-state index contributed by atoms with van der Waals surface area (Å²) in [7, 11) is 0. The molecule has 0 aliphatic heterocycles. The van der Waals surface area contributed by atoms with Gasteiger partial charge in [0, 0.05) is 35.7 Å². The number of rotatable bonds is 6. The summed E-state index contributed by atoms with van der Waals surface area (Å²) in [6, 6.07) is 12.2. The Bertz CT molecular complexity index is 1770. The molecule has 0 saturated heterocycles. The highest BCUT2D eigenvalue weighted by molar-refractivity contribution is 7.18. The van der Waals surface area contributed by atoms with Crippen molar-refractivity contribution in [2.45, 2.75) is 0 Å². The van der Waals surface area contributed by atoms with Gasteiger partial charge in [0.25, 0.3) is 11.1 Å². The molecule has 6 aromatic heterocycles. The first-order valence-corrected chi connectivity index (χ1v) is 12.6. The molecule has 0 amide bonds. The van der Waals surface area contributed by atoms with Crippen molar-refractivity contribution in [2.75, 3.05) is 11.5 Å². The molecular weight excluding hydrogens is 528 g/mol. The number of nitrogens with two attached hydrogens (primary N) is 2. The summed E-state index contributed by atoms with van der Waals surface area (Å²) in [5.74, 6) is 0.446. The number of ketones is 1. The first-order valence-electron chi connectivity index (χ1n) is 11.0. The van der Waals surface area contributed by atoms with Gasteiger partial charge in [-0.1, -0.05) is 22.7 Å². The average Bonchev–Trinajstić information content (AvgIpc) is 3.71. The van der Waals surface area contributed by atoms with E-state index in [9.17, 15) is 14.4 Å². The summed E-state index contributed by atoms with van der Waals surface area (Å²) >= 11 is 2.17. The molecule has 0 fully saturated rings. The van der Waals surface area contributed by atoms with Gasteiger partial charge in [0.15, 0.2) is 27.6 Å². The Morgan fingerprint density at radius 3 is 1.55 bits per heavy atom. The smallest absolute Gasteiger partial charge is 0.255 e. The monoisotopic (exact) mass is 544 g/mol. The minimum atomic E-state index is -0.415. The molecule has 6 heterocycles. The van der Waals surface area contributed by atoms with Crippen molar-refractivity contribution in [3.8, 4) is 32.9 Å². The van der Waals surface area contributed by atoms with Gasteiger partial charge in [-0.15, -0.1) is 0 Å². The van der Waals surface area contributed by atoms with E-state index < -0.39 is 5.78 Å². The molecule has 0 aliphatic carbocycles. The second-order valence-corrected chi connectivity index (χ2v) is 9.97. The van der Waals surface area contributed by atoms with Crippen molar-refractivity contribution < 1.29 is 13.6 Å². The summed E-state index contributed by atoms with van der Waals surface area (Å²) in [6.07, 6.45) is 5.80. The summed E-state index contributed by atoms with van der Waals surface area (Å²) in [5.41, 5.74) is 12.3. The minimum Gasteiger partial charge on any atom is -0.463 e. The Kier molecular flexibility index (Phi) is 5.62. The molecule has 0 bridgehead atoms. The number of hydrogen-bond donors (Lipinski definition) is 2. The van der Waals surface area contributed by atoms with Crippen molar-refractivity contribution in [3.05, 3.63) is 105 Å². The SMILES string of the molecule is Nc1nc(-c2ccco2)c(-n2cc(C(=O)c3ccc(=O)n(-c4sc(N)nc4-c4ccco4)c3)ccc2=O)s1. The molecule has 0 aliphatic rings. The van der Waals surface area contributed by atoms with Gasteiger partial charge >= 0.3 is 0 Å². The van der Waals surface area contributed by atoms with Crippen LogP contribution in [0.15, 0.2) is 91.9 Å². The predicted octanol–water partition coefficient (Wildman–Crippen LogP) is 3.82. The zero-order chi connectivity index (χ0) is 26.4. The highest BCUT2D eigenvalue weighted by Gasteiger charge is 2.21. The van der Waals surface area contributed by atoms with Gasteiger partial charge in [-0.05, 0) is 36.4 Å². The third-order valence-corrected chi connectivity index (χ3v) is 7.31. The highest BCUT2D eigenvalue weighted by Crippen LogP contribution is 2.34. The Morgan fingerprint density at radius 2 is 1.16 bits per heavy atom. The molecule has 38 heavy (non-hydrogen) atoms. The summed E-state index contributed by atoms with van der Waals surface area (Å²) in [5, 5.41) is 1.28. The maximum Gasteiger partial charge on any atom is 0.255 e.